The fourth-order valence-corrected chi connectivity index (χ4v) is 5.88. The average Bonchev–Trinajstić information content (AvgIpc) is 2.93. The van der Waals surface area contributed by atoms with Crippen molar-refractivity contribution in [1.82, 2.24) is 0 Å². The van der Waals surface area contributed by atoms with Crippen molar-refractivity contribution in [3.05, 3.63) is 30.1 Å². The average molecular weight is 529 g/mol. The Kier molecular flexibility index (Phi) is 27.0. The standard InChI is InChI=1S/C37H70N/c1-3-5-7-9-11-13-15-17-18-20-22-24-26-28-30-34-38-35-31-33-37(36-38)32-29-27-25-23-21-19-16-14-12-10-8-6-4-2/h31,33,35-36H,3-30,32,34H2,1-2H3/q+1. The largest absolute Gasteiger partial charge is 0.205 e. The first-order valence-corrected chi connectivity index (χ1v) is 17.8. The zero-order valence-corrected chi connectivity index (χ0v) is 26.5. The fraction of sp³-hybridized carbons (Fsp3) is 0.865. The van der Waals surface area contributed by atoms with Crippen LogP contribution in [0.2, 0.25) is 0 Å². The maximum Gasteiger partial charge on any atom is 0.171 e. The highest BCUT2D eigenvalue weighted by atomic mass is 14.9. The van der Waals surface area contributed by atoms with E-state index >= 15 is 0 Å². The number of hydrogen-bond donors (Lipinski definition) is 0. The highest BCUT2D eigenvalue weighted by Gasteiger charge is 2.03. The minimum atomic E-state index is 1.20. The normalized spacial score (nSPS) is 11.4. The van der Waals surface area contributed by atoms with E-state index in [4.69, 9.17) is 0 Å². The third-order valence-corrected chi connectivity index (χ3v) is 8.51. The highest BCUT2D eigenvalue weighted by molar-refractivity contribution is 5.05. The lowest BCUT2D eigenvalue weighted by Crippen LogP contribution is -2.33. The van der Waals surface area contributed by atoms with Crippen LogP contribution in [0.4, 0.5) is 0 Å². The molecule has 0 saturated carbocycles. The molecule has 0 amide bonds. The van der Waals surface area contributed by atoms with Crippen molar-refractivity contribution in [3.63, 3.8) is 0 Å². The van der Waals surface area contributed by atoms with E-state index in [0.717, 1.165) is 0 Å². The predicted molar refractivity (Wildman–Crippen MR) is 171 cm³/mol. The molecule has 0 fully saturated rings. The van der Waals surface area contributed by atoms with Gasteiger partial charge in [0.2, 0.25) is 0 Å². The molecule has 1 aromatic heterocycles. The van der Waals surface area contributed by atoms with Crippen LogP contribution in [0.1, 0.15) is 199 Å². The summed E-state index contributed by atoms with van der Waals surface area (Å²) in [6, 6.07) is 4.60. The fourth-order valence-electron chi connectivity index (χ4n) is 5.88. The van der Waals surface area contributed by atoms with Crippen molar-refractivity contribution in [2.24, 2.45) is 0 Å². The van der Waals surface area contributed by atoms with E-state index < -0.39 is 0 Å². The van der Waals surface area contributed by atoms with Gasteiger partial charge in [0.15, 0.2) is 12.4 Å². The second kappa shape index (κ2) is 29.1. The highest BCUT2D eigenvalue weighted by Crippen LogP contribution is 2.15. The molecule has 0 saturated heterocycles. The van der Waals surface area contributed by atoms with E-state index in [9.17, 15) is 0 Å². The van der Waals surface area contributed by atoms with Crippen LogP contribution in [-0.2, 0) is 13.0 Å². The first-order valence-electron chi connectivity index (χ1n) is 17.8. The summed E-state index contributed by atoms with van der Waals surface area (Å²) in [5.74, 6) is 0. The Morgan fingerprint density at radius 1 is 0.421 bits per heavy atom. The Hall–Kier alpha value is -0.850. The number of nitrogens with zero attached hydrogens (tertiary/aromatic N) is 1. The molecule has 1 aromatic rings. The molecule has 0 aliphatic heterocycles. The topological polar surface area (TPSA) is 3.88 Å². The number of rotatable bonds is 30. The first-order chi connectivity index (χ1) is 18.9. The lowest BCUT2D eigenvalue weighted by molar-refractivity contribution is -0.697. The van der Waals surface area contributed by atoms with Crippen molar-refractivity contribution in [3.8, 4) is 0 Å². The van der Waals surface area contributed by atoms with E-state index in [2.05, 4.69) is 42.9 Å². The molecule has 0 aromatic carbocycles. The van der Waals surface area contributed by atoms with Gasteiger partial charge >= 0.3 is 0 Å². The maximum atomic E-state index is 2.44. The third kappa shape index (κ3) is 24.2. The molecule has 0 radical (unpaired) electrons. The van der Waals surface area contributed by atoms with Crippen LogP contribution in [0, 0.1) is 0 Å². The summed E-state index contributed by atoms with van der Waals surface area (Å²) in [5, 5.41) is 0. The van der Waals surface area contributed by atoms with Gasteiger partial charge in [0, 0.05) is 18.1 Å². The Morgan fingerprint density at radius 3 is 1.16 bits per heavy atom. The van der Waals surface area contributed by atoms with Crippen LogP contribution in [0.5, 0.6) is 0 Å². The van der Waals surface area contributed by atoms with Gasteiger partial charge in [0.1, 0.15) is 6.54 Å². The molecule has 0 atom stereocenters. The lowest BCUT2D eigenvalue weighted by atomic mass is 10.0. The molecule has 1 nitrogen and oxygen atoms in total. The van der Waals surface area contributed by atoms with Crippen LogP contribution in [0.15, 0.2) is 24.5 Å². The molecular weight excluding hydrogens is 458 g/mol. The summed E-state index contributed by atoms with van der Waals surface area (Å²) in [6.45, 7) is 5.81. The van der Waals surface area contributed by atoms with E-state index in [0.29, 0.717) is 0 Å². The van der Waals surface area contributed by atoms with Crippen molar-refractivity contribution < 1.29 is 4.57 Å². The molecule has 1 heteroatoms. The molecule has 0 unspecified atom stereocenters. The quantitative estimate of drug-likeness (QED) is 0.0690. The molecule has 0 aliphatic rings. The molecule has 0 aliphatic carbocycles. The summed E-state index contributed by atoms with van der Waals surface area (Å²) >= 11 is 0. The number of pyridine rings is 1. The molecule has 0 bridgehead atoms. The molecule has 0 N–H and O–H groups in total. The summed E-state index contributed by atoms with van der Waals surface area (Å²) < 4.78 is 2.44. The van der Waals surface area contributed by atoms with Crippen molar-refractivity contribution in [2.45, 2.75) is 207 Å². The Labute approximate surface area is 241 Å². The van der Waals surface area contributed by atoms with Gasteiger partial charge in [0.05, 0.1) is 0 Å². The summed E-state index contributed by atoms with van der Waals surface area (Å²) in [7, 11) is 0. The summed E-state index contributed by atoms with van der Waals surface area (Å²) in [5.41, 5.74) is 1.54. The summed E-state index contributed by atoms with van der Waals surface area (Å²) in [4.78, 5) is 0. The SMILES string of the molecule is CCCCCCCCCCCCCCCCC[n+]1cccc(CCCCCCCCCCCCCCC)c1. The van der Waals surface area contributed by atoms with Gasteiger partial charge in [0.25, 0.3) is 0 Å². The molecule has 0 spiro atoms. The zero-order valence-electron chi connectivity index (χ0n) is 26.5. The van der Waals surface area contributed by atoms with Gasteiger partial charge in [-0.05, 0) is 25.3 Å². The van der Waals surface area contributed by atoms with Gasteiger partial charge < -0.3 is 0 Å². The predicted octanol–water partition coefficient (Wildman–Crippen LogP) is 12.5. The van der Waals surface area contributed by atoms with Crippen molar-refractivity contribution >= 4 is 0 Å². The lowest BCUT2D eigenvalue weighted by Gasteiger charge is -2.04. The van der Waals surface area contributed by atoms with Gasteiger partial charge in [-0.1, -0.05) is 174 Å². The van der Waals surface area contributed by atoms with E-state index in [1.165, 1.54) is 198 Å². The van der Waals surface area contributed by atoms with Gasteiger partial charge in [-0.25, -0.2) is 4.57 Å². The van der Waals surface area contributed by atoms with Crippen LogP contribution in [0.25, 0.3) is 0 Å². The second-order valence-electron chi connectivity index (χ2n) is 12.4. The number of hydrogen-bond acceptors (Lipinski definition) is 0. The van der Waals surface area contributed by atoms with Crippen LogP contribution >= 0.6 is 0 Å². The second-order valence-corrected chi connectivity index (χ2v) is 12.4. The van der Waals surface area contributed by atoms with Crippen molar-refractivity contribution in [2.75, 3.05) is 0 Å². The third-order valence-electron chi connectivity index (χ3n) is 8.51. The molecular formula is C37H70N+. The van der Waals surface area contributed by atoms with Gasteiger partial charge in [-0.3, -0.25) is 0 Å². The minimum Gasteiger partial charge on any atom is -0.205 e. The van der Waals surface area contributed by atoms with E-state index in [1.54, 1.807) is 0 Å². The van der Waals surface area contributed by atoms with Gasteiger partial charge in [-0.2, -0.15) is 0 Å². The smallest absolute Gasteiger partial charge is 0.171 e. The van der Waals surface area contributed by atoms with Gasteiger partial charge in [-0.15, -0.1) is 0 Å². The molecule has 1 heterocycles. The number of unbranched alkanes of at least 4 members (excludes halogenated alkanes) is 26. The van der Waals surface area contributed by atoms with Crippen LogP contribution < -0.4 is 4.57 Å². The van der Waals surface area contributed by atoms with Crippen LogP contribution in [0.3, 0.4) is 0 Å². The maximum absolute atomic E-state index is 2.44. The van der Waals surface area contributed by atoms with E-state index in [-0.39, 0.29) is 0 Å². The molecule has 38 heavy (non-hydrogen) atoms. The number of aromatic nitrogens is 1. The Balaban J connectivity index is 1.87. The summed E-state index contributed by atoms with van der Waals surface area (Å²) in [6.07, 6.45) is 46.3. The first kappa shape index (κ1) is 35.2. The number of aryl methyl sites for hydroxylation is 2. The minimum absolute atomic E-state index is 1.20. The Bertz CT molecular complexity index is 580. The van der Waals surface area contributed by atoms with Crippen LogP contribution in [-0.4, -0.2) is 0 Å². The van der Waals surface area contributed by atoms with E-state index in [1.807, 2.05) is 0 Å². The zero-order chi connectivity index (χ0) is 27.2. The monoisotopic (exact) mass is 529 g/mol. The van der Waals surface area contributed by atoms with Crippen molar-refractivity contribution in [1.29, 1.82) is 0 Å². The Morgan fingerprint density at radius 2 is 0.763 bits per heavy atom. The molecule has 1 rings (SSSR count). The molecule has 222 valence electrons.